The highest BCUT2D eigenvalue weighted by Gasteiger charge is 2.33. The van der Waals surface area contributed by atoms with E-state index in [0.29, 0.717) is 23.3 Å². The van der Waals surface area contributed by atoms with Gasteiger partial charge in [-0.15, -0.1) is 0 Å². The average Bonchev–Trinajstić information content (AvgIpc) is 3.03. The molecule has 1 unspecified atom stereocenters. The maximum atomic E-state index is 12.6. The molecule has 3 heterocycles. The minimum absolute atomic E-state index is 0.116. The predicted molar refractivity (Wildman–Crippen MR) is 175 cm³/mol. The number of halogens is 4. The molecule has 0 aliphatic carbocycles. The SMILES string of the molecule is C=C(NCC(F)(F)F)C(=O)C(=O)CNc1cnc(N2CCN(C3CCN(CC)CC3)C(CC)C2)c(C)c1.Cc1ccc(C)c(F)c1. The van der Waals surface area contributed by atoms with E-state index < -0.39 is 30.0 Å². The number of allylic oxidation sites excluding steroid dienone is 1. The van der Waals surface area contributed by atoms with Crippen LogP contribution in [0.5, 0.6) is 0 Å². The smallest absolute Gasteiger partial charge is 0.376 e. The van der Waals surface area contributed by atoms with Crippen LogP contribution in [-0.4, -0.2) is 97.0 Å². The number of piperazine rings is 1. The van der Waals surface area contributed by atoms with Gasteiger partial charge in [0.15, 0.2) is 0 Å². The Kier molecular flexibility index (Phi) is 13.6. The Bertz CT molecular complexity index is 1340. The second-order valence-corrected chi connectivity index (χ2v) is 12.1. The first kappa shape index (κ1) is 37.0. The lowest BCUT2D eigenvalue weighted by atomic mass is 9.98. The molecule has 2 saturated heterocycles. The summed E-state index contributed by atoms with van der Waals surface area (Å²) in [5, 5.41) is 4.70. The fourth-order valence-electron chi connectivity index (χ4n) is 5.88. The molecule has 0 bridgehead atoms. The standard InChI is InChI=1S/C26H39F3N6O2.C8H9F/c1-5-21-16-34(11-12-35(21)22-7-9-33(6-2)10-8-22)25-18(3)13-20(14-31-25)30-15-23(36)24(37)19(4)32-17-26(27,28)29;1-6-3-4-7(2)8(9)5-6/h13-14,21-22,30,32H,4-12,15-17H2,1-3H3;3-5H,1-2H3. The summed E-state index contributed by atoms with van der Waals surface area (Å²) in [5.74, 6) is -1.18. The zero-order valence-electron chi connectivity index (χ0n) is 27.6. The van der Waals surface area contributed by atoms with Crippen molar-refractivity contribution in [1.82, 2.24) is 20.1 Å². The van der Waals surface area contributed by atoms with Crippen LogP contribution in [0.15, 0.2) is 42.7 Å². The number of carbonyl (C=O) groups is 2. The normalized spacial score (nSPS) is 18.0. The summed E-state index contributed by atoms with van der Waals surface area (Å²) in [6.07, 6.45) is 0.614. The molecule has 1 aromatic heterocycles. The summed E-state index contributed by atoms with van der Waals surface area (Å²) in [7, 11) is 0. The first-order chi connectivity index (χ1) is 21.7. The van der Waals surface area contributed by atoms with Gasteiger partial charge in [0, 0.05) is 31.7 Å². The number of nitrogens with one attached hydrogen (secondary N) is 2. The summed E-state index contributed by atoms with van der Waals surface area (Å²) < 4.78 is 49.5. The lowest BCUT2D eigenvalue weighted by molar-refractivity contribution is -0.135. The number of aryl methyl sites for hydroxylation is 3. The molecule has 8 nitrogen and oxygen atoms in total. The van der Waals surface area contributed by atoms with Gasteiger partial charge in [0.25, 0.3) is 0 Å². The Morgan fingerprint density at radius 1 is 1.02 bits per heavy atom. The number of likely N-dealkylation sites (tertiary alicyclic amines) is 1. The zero-order chi connectivity index (χ0) is 34.0. The number of pyridine rings is 1. The van der Waals surface area contributed by atoms with Crippen molar-refractivity contribution < 1.29 is 27.2 Å². The Balaban J connectivity index is 0.000000549. The lowest BCUT2D eigenvalue weighted by Crippen LogP contribution is -2.58. The number of ketones is 2. The van der Waals surface area contributed by atoms with Gasteiger partial charge in [0.2, 0.25) is 11.6 Å². The molecule has 1 atom stereocenters. The van der Waals surface area contributed by atoms with Crippen molar-refractivity contribution in [3.05, 3.63) is 65.2 Å². The highest BCUT2D eigenvalue weighted by molar-refractivity contribution is 6.44. The Morgan fingerprint density at radius 2 is 1.72 bits per heavy atom. The molecule has 12 heteroatoms. The van der Waals surface area contributed by atoms with E-state index in [1.165, 1.54) is 32.0 Å². The second-order valence-electron chi connectivity index (χ2n) is 12.1. The van der Waals surface area contributed by atoms with E-state index in [2.05, 4.69) is 45.4 Å². The molecule has 254 valence electrons. The molecule has 0 saturated carbocycles. The van der Waals surface area contributed by atoms with Gasteiger partial charge >= 0.3 is 6.18 Å². The van der Waals surface area contributed by atoms with Gasteiger partial charge in [-0.3, -0.25) is 14.5 Å². The van der Waals surface area contributed by atoms with Crippen LogP contribution >= 0.6 is 0 Å². The number of nitrogens with zero attached hydrogens (tertiary/aromatic N) is 4. The maximum absolute atomic E-state index is 12.6. The molecule has 4 rings (SSSR count). The predicted octanol–water partition coefficient (Wildman–Crippen LogP) is 5.43. The van der Waals surface area contributed by atoms with Crippen LogP contribution in [0, 0.1) is 26.6 Å². The van der Waals surface area contributed by atoms with Crippen LogP contribution in [-0.2, 0) is 9.59 Å². The lowest BCUT2D eigenvalue weighted by Gasteiger charge is -2.47. The molecular formula is C34H48F4N6O2. The number of piperidine rings is 1. The summed E-state index contributed by atoms with van der Waals surface area (Å²) in [6, 6.07) is 8.19. The van der Waals surface area contributed by atoms with Gasteiger partial charge in [-0.1, -0.05) is 32.6 Å². The van der Waals surface area contributed by atoms with Gasteiger partial charge in [0.05, 0.1) is 24.1 Å². The number of carbonyl (C=O) groups excluding carboxylic acids is 2. The van der Waals surface area contributed by atoms with Gasteiger partial charge < -0.3 is 20.4 Å². The van der Waals surface area contributed by atoms with Crippen LogP contribution in [0.4, 0.5) is 29.1 Å². The average molecular weight is 649 g/mol. The zero-order valence-corrected chi connectivity index (χ0v) is 27.6. The molecular weight excluding hydrogens is 600 g/mol. The van der Waals surface area contributed by atoms with Crippen molar-refractivity contribution in [2.45, 2.75) is 72.1 Å². The van der Waals surface area contributed by atoms with E-state index in [0.717, 1.165) is 49.5 Å². The molecule has 1 aromatic carbocycles. The maximum Gasteiger partial charge on any atom is 0.405 e. The van der Waals surface area contributed by atoms with Gasteiger partial charge in [-0.2, -0.15) is 13.2 Å². The molecule has 0 amide bonds. The van der Waals surface area contributed by atoms with Crippen molar-refractivity contribution in [1.29, 1.82) is 0 Å². The van der Waals surface area contributed by atoms with E-state index in [1.807, 2.05) is 31.3 Å². The van der Waals surface area contributed by atoms with E-state index in [-0.39, 0.29) is 12.4 Å². The van der Waals surface area contributed by atoms with E-state index in [1.54, 1.807) is 19.2 Å². The number of alkyl halides is 3. The highest BCUT2D eigenvalue weighted by atomic mass is 19.4. The van der Waals surface area contributed by atoms with Crippen molar-refractivity contribution in [2.75, 3.05) is 62.6 Å². The van der Waals surface area contributed by atoms with E-state index >= 15 is 0 Å². The summed E-state index contributed by atoms with van der Waals surface area (Å²) >= 11 is 0. The van der Waals surface area contributed by atoms with Gasteiger partial charge in [-0.25, -0.2) is 9.37 Å². The third-order valence-corrected chi connectivity index (χ3v) is 8.63. The number of hydrogen-bond acceptors (Lipinski definition) is 8. The fourth-order valence-corrected chi connectivity index (χ4v) is 5.88. The largest absolute Gasteiger partial charge is 0.405 e. The van der Waals surface area contributed by atoms with Crippen LogP contribution in [0.3, 0.4) is 0 Å². The summed E-state index contributed by atoms with van der Waals surface area (Å²) in [4.78, 5) is 36.3. The van der Waals surface area contributed by atoms with Crippen molar-refractivity contribution >= 4 is 23.1 Å². The monoisotopic (exact) mass is 648 g/mol. The van der Waals surface area contributed by atoms with Crippen molar-refractivity contribution in [3.63, 3.8) is 0 Å². The highest BCUT2D eigenvalue weighted by Crippen LogP contribution is 2.28. The van der Waals surface area contributed by atoms with Crippen LogP contribution in [0.2, 0.25) is 0 Å². The number of aromatic nitrogens is 1. The third-order valence-electron chi connectivity index (χ3n) is 8.63. The topological polar surface area (TPSA) is 80.8 Å². The fraction of sp³-hybridized carbons (Fsp3) is 0.559. The van der Waals surface area contributed by atoms with Gasteiger partial charge in [0.1, 0.15) is 18.2 Å². The molecule has 2 aliphatic heterocycles. The third kappa shape index (κ3) is 10.8. The minimum atomic E-state index is -4.51. The van der Waals surface area contributed by atoms with Crippen molar-refractivity contribution in [2.24, 2.45) is 0 Å². The van der Waals surface area contributed by atoms with Crippen LogP contribution < -0.4 is 15.5 Å². The van der Waals surface area contributed by atoms with Crippen molar-refractivity contribution in [3.8, 4) is 0 Å². The molecule has 2 aromatic rings. The van der Waals surface area contributed by atoms with Crippen LogP contribution in [0.25, 0.3) is 0 Å². The molecule has 2 aliphatic rings. The summed E-state index contributed by atoms with van der Waals surface area (Å²) in [5.41, 5.74) is 2.61. The second kappa shape index (κ2) is 16.9. The summed E-state index contributed by atoms with van der Waals surface area (Å²) in [6.45, 7) is 17.8. The number of hydrogen-bond donors (Lipinski definition) is 2. The Labute approximate surface area is 270 Å². The first-order valence-corrected chi connectivity index (χ1v) is 16.0. The molecule has 46 heavy (non-hydrogen) atoms. The van der Waals surface area contributed by atoms with Crippen LogP contribution in [0.1, 0.15) is 49.8 Å². The molecule has 2 fully saturated rings. The quantitative estimate of drug-likeness (QED) is 0.190. The minimum Gasteiger partial charge on any atom is -0.376 e. The molecule has 2 N–H and O–H groups in total. The van der Waals surface area contributed by atoms with E-state index in [9.17, 15) is 27.2 Å². The number of rotatable bonds is 11. The first-order valence-electron chi connectivity index (χ1n) is 16.0. The Morgan fingerprint density at radius 3 is 2.28 bits per heavy atom. The number of Topliss-reactive ketones (excluding diaryl/α,β-unsaturated/α-hetero) is 2. The number of anilines is 2. The van der Waals surface area contributed by atoms with E-state index in [4.69, 9.17) is 0 Å². The molecule has 0 radical (unpaired) electrons. The Hall–Kier alpha value is -3.51. The molecule has 0 spiro atoms. The van der Waals surface area contributed by atoms with Gasteiger partial charge in [-0.05, 0) is 88.5 Å². The number of benzene rings is 1.